The highest BCUT2D eigenvalue weighted by Crippen LogP contribution is 2.10. The molecule has 1 aliphatic rings. The lowest BCUT2D eigenvalue weighted by atomic mass is 10.00. The fraction of sp³-hybridized carbons (Fsp3) is 0.261. The Morgan fingerprint density at radius 2 is 1.66 bits per heavy atom. The Hall–Kier alpha value is -4.19. The summed E-state index contributed by atoms with van der Waals surface area (Å²) in [6.07, 6.45) is 0.0967. The van der Waals surface area contributed by atoms with Crippen LogP contribution in [0, 0.1) is 11.3 Å². The topological polar surface area (TPSA) is 154 Å². The number of hydrogen-bond donors (Lipinski definition) is 4. The molecular formula is C23H23N5O4. The summed E-state index contributed by atoms with van der Waals surface area (Å²) < 4.78 is 0. The molecule has 9 heteroatoms. The SMILES string of the molecule is N#Cc1cccc(C[C@@H](NC(=O)C[C@@H]2NC(=O)[C@H](Cc3ccccc3)NC2=O)C(N)=O)c1. The number of amides is 4. The van der Waals surface area contributed by atoms with Crippen molar-refractivity contribution in [3.63, 3.8) is 0 Å². The number of nitrogens with one attached hydrogen (secondary N) is 3. The monoisotopic (exact) mass is 433 g/mol. The van der Waals surface area contributed by atoms with Gasteiger partial charge >= 0.3 is 0 Å². The van der Waals surface area contributed by atoms with Gasteiger partial charge in [0.05, 0.1) is 18.1 Å². The van der Waals surface area contributed by atoms with Crippen LogP contribution >= 0.6 is 0 Å². The van der Waals surface area contributed by atoms with Crippen molar-refractivity contribution in [2.45, 2.75) is 37.4 Å². The summed E-state index contributed by atoms with van der Waals surface area (Å²) in [7, 11) is 0. The molecule has 164 valence electrons. The quantitative estimate of drug-likeness (QED) is 0.449. The van der Waals surface area contributed by atoms with E-state index >= 15 is 0 Å². The van der Waals surface area contributed by atoms with E-state index in [1.807, 2.05) is 36.4 Å². The number of benzene rings is 2. The van der Waals surface area contributed by atoms with Crippen molar-refractivity contribution in [2.75, 3.05) is 0 Å². The molecule has 0 aliphatic carbocycles. The van der Waals surface area contributed by atoms with Crippen molar-refractivity contribution in [3.8, 4) is 6.07 Å². The van der Waals surface area contributed by atoms with Crippen molar-refractivity contribution in [2.24, 2.45) is 5.73 Å². The first-order valence-corrected chi connectivity index (χ1v) is 10.1. The third kappa shape index (κ3) is 5.92. The molecule has 9 nitrogen and oxygen atoms in total. The van der Waals surface area contributed by atoms with Gasteiger partial charge in [0.1, 0.15) is 18.1 Å². The number of nitrogens with two attached hydrogens (primary N) is 1. The minimum absolute atomic E-state index is 0.0962. The van der Waals surface area contributed by atoms with Gasteiger partial charge in [-0.25, -0.2) is 0 Å². The van der Waals surface area contributed by atoms with Gasteiger partial charge in [-0.15, -0.1) is 0 Å². The maximum Gasteiger partial charge on any atom is 0.243 e. The predicted molar refractivity (Wildman–Crippen MR) is 115 cm³/mol. The molecule has 2 aromatic rings. The highest BCUT2D eigenvalue weighted by atomic mass is 16.2. The number of nitriles is 1. The van der Waals surface area contributed by atoms with Crippen molar-refractivity contribution >= 4 is 23.6 Å². The third-order valence-electron chi connectivity index (χ3n) is 5.11. The van der Waals surface area contributed by atoms with Crippen molar-refractivity contribution in [1.82, 2.24) is 16.0 Å². The highest BCUT2D eigenvalue weighted by Gasteiger charge is 2.35. The summed E-state index contributed by atoms with van der Waals surface area (Å²) in [5, 5.41) is 16.7. The summed E-state index contributed by atoms with van der Waals surface area (Å²) >= 11 is 0. The molecule has 5 N–H and O–H groups in total. The molecule has 1 heterocycles. The molecule has 0 unspecified atom stereocenters. The molecule has 3 rings (SSSR count). The molecule has 1 aliphatic heterocycles. The molecule has 4 amide bonds. The van der Waals surface area contributed by atoms with E-state index < -0.39 is 35.8 Å². The fourth-order valence-corrected chi connectivity index (χ4v) is 3.48. The number of carbonyl (C=O) groups is 4. The number of nitrogens with zero attached hydrogens (tertiary/aromatic N) is 1. The van der Waals surface area contributed by atoms with Crippen LogP contribution in [-0.2, 0) is 32.0 Å². The smallest absolute Gasteiger partial charge is 0.243 e. The molecule has 1 saturated heterocycles. The zero-order chi connectivity index (χ0) is 23.1. The number of carbonyl (C=O) groups excluding carboxylic acids is 4. The molecule has 0 radical (unpaired) electrons. The van der Waals surface area contributed by atoms with Crippen molar-refractivity contribution in [1.29, 1.82) is 5.26 Å². The lowest BCUT2D eigenvalue weighted by Crippen LogP contribution is -2.63. The standard InChI is InChI=1S/C23H23N5O4/c24-13-16-8-4-7-15(9-16)11-17(21(25)30)26-20(29)12-19-23(32)27-18(22(31)28-19)10-14-5-2-1-3-6-14/h1-9,17-19H,10-12H2,(H2,25,30)(H,26,29)(H,27,32)(H,28,31)/t17-,18+,19+/m1/s1. The molecule has 2 aromatic carbocycles. The first-order chi connectivity index (χ1) is 15.4. The van der Waals surface area contributed by atoms with E-state index in [2.05, 4.69) is 16.0 Å². The summed E-state index contributed by atoms with van der Waals surface area (Å²) in [6, 6.07) is 15.1. The van der Waals surface area contributed by atoms with Gasteiger partial charge < -0.3 is 21.7 Å². The Morgan fingerprint density at radius 1 is 1.00 bits per heavy atom. The Labute approximate surface area is 185 Å². The summed E-state index contributed by atoms with van der Waals surface area (Å²) in [5.41, 5.74) is 7.38. The van der Waals surface area contributed by atoms with Crippen molar-refractivity contribution in [3.05, 3.63) is 71.3 Å². The zero-order valence-electron chi connectivity index (χ0n) is 17.2. The van der Waals surface area contributed by atoms with E-state index in [1.54, 1.807) is 24.3 Å². The predicted octanol–water partition coefficient (Wildman–Crippen LogP) is -0.313. The fourth-order valence-electron chi connectivity index (χ4n) is 3.48. The normalized spacial score (nSPS) is 18.6. The Balaban J connectivity index is 1.57. The Bertz CT molecular complexity index is 1060. The van der Waals surface area contributed by atoms with Gasteiger partial charge in [0, 0.05) is 12.8 Å². The van der Waals surface area contributed by atoms with E-state index in [0.29, 0.717) is 17.5 Å². The number of rotatable bonds is 8. The highest BCUT2D eigenvalue weighted by molar-refractivity contribution is 5.99. The molecule has 0 aromatic heterocycles. The lowest BCUT2D eigenvalue weighted by molar-refractivity contribution is -0.138. The van der Waals surface area contributed by atoms with Gasteiger partial charge in [-0.1, -0.05) is 42.5 Å². The van der Waals surface area contributed by atoms with E-state index in [4.69, 9.17) is 11.0 Å². The van der Waals surface area contributed by atoms with Crippen molar-refractivity contribution < 1.29 is 19.2 Å². The van der Waals surface area contributed by atoms with E-state index in [-0.39, 0.29) is 18.7 Å². The second kappa shape index (κ2) is 10.2. The van der Waals surface area contributed by atoms with Gasteiger partial charge in [0.2, 0.25) is 23.6 Å². The van der Waals surface area contributed by atoms with Crippen LogP contribution in [0.25, 0.3) is 0 Å². The first-order valence-electron chi connectivity index (χ1n) is 10.1. The van der Waals surface area contributed by atoms with Crippen LogP contribution in [0.4, 0.5) is 0 Å². The second-order valence-corrected chi connectivity index (χ2v) is 7.55. The van der Waals surface area contributed by atoms with Gasteiger partial charge in [0.25, 0.3) is 0 Å². The summed E-state index contributed by atoms with van der Waals surface area (Å²) in [4.78, 5) is 49.1. The van der Waals surface area contributed by atoms with Gasteiger partial charge in [-0.05, 0) is 23.3 Å². The van der Waals surface area contributed by atoms with E-state index in [0.717, 1.165) is 5.56 Å². The third-order valence-corrected chi connectivity index (χ3v) is 5.11. The Morgan fingerprint density at radius 3 is 2.34 bits per heavy atom. The van der Waals surface area contributed by atoms with Crippen LogP contribution in [0.5, 0.6) is 0 Å². The molecule has 0 saturated carbocycles. The summed E-state index contributed by atoms with van der Waals surface area (Å²) in [5.74, 6) is -2.21. The van der Waals surface area contributed by atoms with E-state index in [1.165, 1.54) is 0 Å². The van der Waals surface area contributed by atoms with Gasteiger partial charge in [-0.2, -0.15) is 5.26 Å². The van der Waals surface area contributed by atoms with E-state index in [9.17, 15) is 19.2 Å². The van der Waals surface area contributed by atoms with Crippen LogP contribution in [0.3, 0.4) is 0 Å². The van der Waals surface area contributed by atoms with Gasteiger partial charge in [0.15, 0.2) is 0 Å². The lowest BCUT2D eigenvalue weighted by Gasteiger charge is -2.29. The first kappa shape index (κ1) is 22.5. The molecule has 32 heavy (non-hydrogen) atoms. The van der Waals surface area contributed by atoms with Crippen LogP contribution in [0.1, 0.15) is 23.1 Å². The number of piperazine rings is 1. The number of hydrogen-bond acceptors (Lipinski definition) is 5. The molecule has 1 fully saturated rings. The zero-order valence-corrected chi connectivity index (χ0v) is 17.2. The molecule has 0 bridgehead atoms. The van der Waals surface area contributed by atoms with Crippen LogP contribution in [-0.4, -0.2) is 41.8 Å². The van der Waals surface area contributed by atoms with Crippen LogP contribution < -0.4 is 21.7 Å². The minimum Gasteiger partial charge on any atom is -0.368 e. The maximum atomic E-state index is 12.5. The van der Waals surface area contributed by atoms with Crippen LogP contribution in [0.2, 0.25) is 0 Å². The maximum absolute atomic E-state index is 12.5. The molecular weight excluding hydrogens is 410 g/mol. The Kier molecular flexibility index (Phi) is 7.18. The second-order valence-electron chi connectivity index (χ2n) is 7.55. The number of primary amides is 1. The summed E-state index contributed by atoms with van der Waals surface area (Å²) in [6.45, 7) is 0. The molecule has 0 spiro atoms. The average Bonchev–Trinajstić information content (AvgIpc) is 2.77. The van der Waals surface area contributed by atoms with Gasteiger partial charge in [-0.3, -0.25) is 19.2 Å². The van der Waals surface area contributed by atoms with Crippen LogP contribution in [0.15, 0.2) is 54.6 Å². The molecule has 3 atom stereocenters. The minimum atomic E-state index is -1.05. The average molecular weight is 433 g/mol. The largest absolute Gasteiger partial charge is 0.368 e.